The van der Waals surface area contributed by atoms with Gasteiger partial charge in [-0.15, -0.1) is 0 Å². The van der Waals surface area contributed by atoms with Gasteiger partial charge in [0, 0.05) is 12.5 Å². The number of rotatable bonds is 1. The van der Waals surface area contributed by atoms with Crippen LogP contribution in [-0.4, -0.2) is 47.7 Å². The monoisotopic (exact) mass is 298 g/mol. The van der Waals surface area contributed by atoms with Gasteiger partial charge in [0.2, 0.25) is 0 Å². The zero-order valence-corrected chi connectivity index (χ0v) is 12.3. The minimum absolute atomic E-state index is 0.134. The zero-order chi connectivity index (χ0) is 14.6. The molecule has 0 aliphatic carbocycles. The van der Waals surface area contributed by atoms with E-state index in [0.29, 0.717) is 18.0 Å². The third-order valence-corrected chi connectivity index (χ3v) is 5.12. The Labute approximate surface area is 128 Å². The van der Waals surface area contributed by atoms with Crippen LogP contribution in [0.2, 0.25) is 0 Å². The molecule has 1 N–H and O–H groups in total. The van der Waals surface area contributed by atoms with Crippen LogP contribution in [0.15, 0.2) is 33.7 Å². The molecule has 1 spiro atoms. The number of para-hydroxylation sites is 2. The minimum Gasteiger partial charge on any atom is -0.455 e. The summed E-state index contributed by atoms with van der Waals surface area (Å²) in [6, 6.07) is 8.69. The average molecular weight is 298 g/mol. The molecule has 3 saturated heterocycles. The minimum atomic E-state index is -0.134. The summed E-state index contributed by atoms with van der Waals surface area (Å²) >= 11 is 0. The number of aliphatic imine (C=N–C) groups is 1. The number of anilines is 1. The smallest absolute Gasteiger partial charge is 0.303 e. The summed E-state index contributed by atoms with van der Waals surface area (Å²) in [5, 5.41) is 3.09. The highest BCUT2D eigenvalue weighted by Crippen LogP contribution is 2.40. The lowest BCUT2D eigenvalue weighted by Gasteiger charge is -2.50. The number of fused-ring (bicyclic) bond motifs is 3. The van der Waals surface area contributed by atoms with Gasteiger partial charge in [0.15, 0.2) is 5.58 Å². The second-order valence-electron chi connectivity index (χ2n) is 6.45. The van der Waals surface area contributed by atoms with E-state index in [0.717, 1.165) is 24.2 Å². The maximum absolute atomic E-state index is 6.22. The van der Waals surface area contributed by atoms with Crippen LogP contribution in [0.1, 0.15) is 12.8 Å². The van der Waals surface area contributed by atoms with E-state index in [1.54, 1.807) is 0 Å². The standard InChI is InChI=1S/C16H18N4O2/c1-2-4-13-12(3-1)18-15(21-13)19-14-17-9-16(22-14)10-20-7-5-11(16)6-8-20/h1-4,11H,5-10H2,(H,17,18,19)/t16-/m0/s1. The van der Waals surface area contributed by atoms with Crippen molar-refractivity contribution < 1.29 is 9.15 Å². The van der Waals surface area contributed by atoms with Crippen LogP contribution < -0.4 is 5.32 Å². The Morgan fingerprint density at radius 2 is 2.09 bits per heavy atom. The summed E-state index contributed by atoms with van der Waals surface area (Å²) in [6.45, 7) is 4.12. The van der Waals surface area contributed by atoms with E-state index in [-0.39, 0.29) is 5.60 Å². The maximum atomic E-state index is 6.22. The van der Waals surface area contributed by atoms with Gasteiger partial charge in [0.25, 0.3) is 6.02 Å². The van der Waals surface area contributed by atoms with Gasteiger partial charge in [-0.3, -0.25) is 10.2 Å². The molecule has 2 aromatic rings. The molecule has 0 saturated carbocycles. The van der Waals surface area contributed by atoms with E-state index in [1.807, 2.05) is 24.3 Å². The molecule has 3 fully saturated rings. The molecule has 1 aromatic carbocycles. The average Bonchev–Trinajstić information content (AvgIpc) is 3.12. The van der Waals surface area contributed by atoms with E-state index < -0.39 is 0 Å². The summed E-state index contributed by atoms with van der Waals surface area (Å²) in [5.41, 5.74) is 1.47. The molecule has 1 atom stereocenters. The molecule has 22 heavy (non-hydrogen) atoms. The molecule has 2 bridgehead atoms. The van der Waals surface area contributed by atoms with E-state index in [2.05, 4.69) is 20.2 Å². The lowest BCUT2D eigenvalue weighted by molar-refractivity contribution is -0.0829. The lowest BCUT2D eigenvalue weighted by Crippen LogP contribution is -2.61. The Kier molecular flexibility index (Phi) is 2.52. The third-order valence-electron chi connectivity index (χ3n) is 5.12. The number of amidine groups is 1. The lowest BCUT2D eigenvalue weighted by atomic mass is 9.75. The second kappa shape index (κ2) is 4.46. The van der Waals surface area contributed by atoms with E-state index >= 15 is 0 Å². The first-order valence-corrected chi connectivity index (χ1v) is 7.89. The van der Waals surface area contributed by atoms with Crippen molar-refractivity contribution in [3.63, 3.8) is 0 Å². The summed E-state index contributed by atoms with van der Waals surface area (Å²) in [4.78, 5) is 11.4. The van der Waals surface area contributed by atoms with Crippen molar-refractivity contribution in [1.29, 1.82) is 0 Å². The molecule has 1 aromatic heterocycles. The Bertz CT molecular complexity index is 714. The Hall–Kier alpha value is -2.08. The van der Waals surface area contributed by atoms with Crippen molar-refractivity contribution in [2.75, 3.05) is 31.5 Å². The normalized spacial score (nSPS) is 33.2. The molecule has 4 aliphatic rings. The number of hydrogen-bond acceptors (Lipinski definition) is 6. The fraction of sp³-hybridized carbons (Fsp3) is 0.500. The van der Waals surface area contributed by atoms with E-state index in [9.17, 15) is 0 Å². The first-order chi connectivity index (χ1) is 10.8. The molecule has 0 amide bonds. The topological polar surface area (TPSA) is 62.9 Å². The molecule has 5 heterocycles. The molecule has 4 aliphatic heterocycles. The van der Waals surface area contributed by atoms with Crippen LogP contribution in [0.25, 0.3) is 11.1 Å². The zero-order valence-electron chi connectivity index (χ0n) is 12.3. The fourth-order valence-electron chi connectivity index (χ4n) is 3.96. The van der Waals surface area contributed by atoms with Gasteiger partial charge in [0.05, 0.1) is 6.54 Å². The largest absolute Gasteiger partial charge is 0.455 e. The number of benzene rings is 1. The van der Waals surface area contributed by atoms with E-state index in [1.165, 1.54) is 25.9 Å². The van der Waals surface area contributed by atoms with Gasteiger partial charge < -0.3 is 9.15 Å². The SMILES string of the molecule is c1ccc2oc(NC3=NC[C@@]4(CN5CCC4CC5)O3)nc2c1. The van der Waals surface area contributed by atoms with Gasteiger partial charge in [0.1, 0.15) is 11.1 Å². The van der Waals surface area contributed by atoms with Crippen molar-refractivity contribution in [2.24, 2.45) is 10.9 Å². The number of nitrogens with zero attached hydrogens (tertiary/aromatic N) is 3. The number of aromatic nitrogens is 1. The van der Waals surface area contributed by atoms with Crippen molar-refractivity contribution in [2.45, 2.75) is 18.4 Å². The van der Waals surface area contributed by atoms with Crippen LogP contribution in [-0.2, 0) is 4.74 Å². The number of ether oxygens (including phenoxy) is 1. The maximum Gasteiger partial charge on any atom is 0.303 e. The molecule has 6 nitrogen and oxygen atoms in total. The predicted octanol–water partition coefficient (Wildman–Crippen LogP) is 2.09. The van der Waals surface area contributed by atoms with Gasteiger partial charge in [-0.05, 0) is 38.1 Å². The Morgan fingerprint density at radius 3 is 2.86 bits per heavy atom. The fourth-order valence-corrected chi connectivity index (χ4v) is 3.96. The van der Waals surface area contributed by atoms with Crippen molar-refractivity contribution in [3.8, 4) is 0 Å². The van der Waals surface area contributed by atoms with Crippen LogP contribution >= 0.6 is 0 Å². The molecule has 114 valence electrons. The molecule has 0 unspecified atom stereocenters. The number of oxazole rings is 1. The van der Waals surface area contributed by atoms with Crippen molar-refractivity contribution in [1.82, 2.24) is 9.88 Å². The number of nitrogens with one attached hydrogen (secondary N) is 1. The van der Waals surface area contributed by atoms with Crippen LogP contribution in [0.5, 0.6) is 0 Å². The highest BCUT2D eigenvalue weighted by molar-refractivity contribution is 5.89. The molecule has 0 radical (unpaired) electrons. The summed E-state index contributed by atoms with van der Waals surface area (Å²) < 4.78 is 11.9. The van der Waals surface area contributed by atoms with Gasteiger partial charge in [-0.25, -0.2) is 4.99 Å². The highest BCUT2D eigenvalue weighted by atomic mass is 16.5. The summed E-state index contributed by atoms with van der Waals surface area (Å²) in [7, 11) is 0. The summed E-state index contributed by atoms with van der Waals surface area (Å²) in [5.74, 6) is 0.615. The van der Waals surface area contributed by atoms with Gasteiger partial charge >= 0.3 is 6.01 Å². The van der Waals surface area contributed by atoms with Crippen LogP contribution in [0, 0.1) is 5.92 Å². The van der Waals surface area contributed by atoms with Gasteiger partial charge in [-0.1, -0.05) is 12.1 Å². The quantitative estimate of drug-likeness (QED) is 0.873. The van der Waals surface area contributed by atoms with Crippen molar-refractivity contribution in [3.05, 3.63) is 24.3 Å². The number of hydrogen-bond donors (Lipinski definition) is 1. The van der Waals surface area contributed by atoms with Crippen LogP contribution in [0.3, 0.4) is 0 Å². The van der Waals surface area contributed by atoms with Crippen LogP contribution in [0.4, 0.5) is 6.01 Å². The van der Waals surface area contributed by atoms with E-state index in [4.69, 9.17) is 9.15 Å². The highest BCUT2D eigenvalue weighted by Gasteiger charge is 2.51. The predicted molar refractivity (Wildman–Crippen MR) is 82.9 cm³/mol. The molecule has 6 heteroatoms. The van der Waals surface area contributed by atoms with Crippen molar-refractivity contribution >= 4 is 23.1 Å². The molecular formula is C16H18N4O2. The second-order valence-corrected chi connectivity index (χ2v) is 6.45. The third kappa shape index (κ3) is 1.83. The first-order valence-electron chi connectivity index (χ1n) is 7.89. The molecular weight excluding hydrogens is 280 g/mol. The Balaban J connectivity index is 1.35. The number of piperidine rings is 3. The Morgan fingerprint density at radius 1 is 1.23 bits per heavy atom. The molecule has 6 rings (SSSR count). The summed E-state index contributed by atoms with van der Waals surface area (Å²) in [6.07, 6.45) is 2.43. The van der Waals surface area contributed by atoms with Gasteiger partial charge in [-0.2, -0.15) is 4.98 Å². The first kappa shape index (κ1) is 12.5.